The number of aliphatic hydroxyl groups excluding tert-OH is 1. The number of hydrogen-bond donors (Lipinski definition) is 3. The van der Waals surface area contributed by atoms with Gasteiger partial charge in [0.05, 0.1) is 31.1 Å². The van der Waals surface area contributed by atoms with Crippen molar-refractivity contribution in [2.45, 2.75) is 44.9 Å². The second-order valence-electron chi connectivity index (χ2n) is 7.03. The lowest BCUT2D eigenvalue weighted by Gasteiger charge is -2.17. The molecule has 0 radical (unpaired) electrons. The molecule has 0 spiro atoms. The Kier molecular flexibility index (Phi) is 5.55. The monoisotopic (exact) mass is 496 g/mol. The Balaban J connectivity index is 1.53. The lowest BCUT2D eigenvalue weighted by atomic mass is 10.2. The maximum atomic E-state index is 12.1. The molecule has 1 fully saturated rings. The van der Waals surface area contributed by atoms with E-state index in [1.165, 1.54) is 21.6 Å². The third-order valence-electron chi connectivity index (χ3n) is 4.87. The molecule has 164 valence electrons. The third kappa shape index (κ3) is 4.19. The molecule has 0 aliphatic carbocycles. The van der Waals surface area contributed by atoms with E-state index in [4.69, 9.17) is 4.74 Å². The molecule has 4 rings (SSSR count). The van der Waals surface area contributed by atoms with E-state index in [1.807, 2.05) is 0 Å². The summed E-state index contributed by atoms with van der Waals surface area (Å²) in [5.74, 6) is 0. The lowest BCUT2D eigenvalue weighted by Crippen LogP contribution is -2.34. The second kappa shape index (κ2) is 8.16. The van der Waals surface area contributed by atoms with Crippen molar-refractivity contribution in [1.29, 1.82) is 0 Å². The van der Waals surface area contributed by atoms with Crippen LogP contribution in [-0.2, 0) is 17.8 Å². The molecule has 1 aliphatic heterocycles. The number of halogens is 1. The van der Waals surface area contributed by atoms with Gasteiger partial charge < -0.3 is 9.84 Å². The molecule has 3 N–H and O–H groups in total. The summed E-state index contributed by atoms with van der Waals surface area (Å²) >= 11 is 2.97. The van der Waals surface area contributed by atoms with E-state index in [9.17, 15) is 24.3 Å². The van der Waals surface area contributed by atoms with Crippen molar-refractivity contribution < 1.29 is 9.84 Å². The summed E-state index contributed by atoms with van der Waals surface area (Å²) in [6, 6.07) is 0. The van der Waals surface area contributed by atoms with Crippen molar-refractivity contribution >= 4 is 15.9 Å². The van der Waals surface area contributed by atoms with Gasteiger partial charge in [0.25, 0.3) is 11.1 Å². The van der Waals surface area contributed by atoms with Crippen LogP contribution in [0.4, 0.5) is 0 Å². The lowest BCUT2D eigenvalue weighted by molar-refractivity contribution is -0.0306. The van der Waals surface area contributed by atoms with Crippen LogP contribution in [0.5, 0.6) is 0 Å². The van der Waals surface area contributed by atoms with Crippen molar-refractivity contribution in [3.63, 3.8) is 0 Å². The maximum Gasteiger partial charge on any atom is 0.345 e. The van der Waals surface area contributed by atoms with Crippen LogP contribution < -0.4 is 22.5 Å². The first-order valence-electron chi connectivity index (χ1n) is 9.13. The zero-order chi connectivity index (χ0) is 22.3. The van der Waals surface area contributed by atoms with E-state index in [0.717, 1.165) is 4.68 Å². The van der Waals surface area contributed by atoms with Crippen LogP contribution in [0.2, 0.25) is 0 Å². The molecule has 3 unspecified atom stereocenters. The summed E-state index contributed by atoms with van der Waals surface area (Å²) in [6.07, 6.45) is 0.527. The number of rotatable bonds is 5. The van der Waals surface area contributed by atoms with E-state index in [-0.39, 0.29) is 24.1 Å². The highest BCUT2D eigenvalue weighted by atomic mass is 79.9. The largest absolute Gasteiger partial charge is 0.390 e. The van der Waals surface area contributed by atoms with Gasteiger partial charge in [0.2, 0.25) is 0 Å². The van der Waals surface area contributed by atoms with Crippen LogP contribution in [-0.4, -0.2) is 56.6 Å². The molecular weight excluding hydrogens is 480 g/mol. The van der Waals surface area contributed by atoms with Crippen molar-refractivity contribution in [3.05, 3.63) is 69.9 Å². The summed E-state index contributed by atoms with van der Waals surface area (Å²) < 4.78 is 9.47. The number of nitrogens with one attached hydrogen (secondary N) is 2. The van der Waals surface area contributed by atoms with Gasteiger partial charge in [-0.25, -0.2) is 19.0 Å². The van der Waals surface area contributed by atoms with Crippen LogP contribution in [0.25, 0.3) is 0 Å². The molecule has 3 atom stereocenters. The fraction of sp³-hybridized carbons (Fsp3) is 0.438. The topological polar surface area (TPSA) is 183 Å². The van der Waals surface area contributed by atoms with Gasteiger partial charge in [-0.2, -0.15) is 5.10 Å². The zero-order valence-corrected chi connectivity index (χ0v) is 17.6. The standard InChI is InChI=1S/C16H17BrN8O6/c1-7-4-23(15(29)19-13(7)27)11-2-9(26)10(31-11)6-24-8(3-18-22-24)5-25-16(30)20-14(28)12(17)21-25/h3-4,9-11,26H,2,5-6H2,1H3,(H,19,27,29)(H,20,28,30). The minimum atomic E-state index is -0.913. The Labute approximate surface area is 180 Å². The van der Waals surface area contributed by atoms with E-state index in [1.54, 1.807) is 6.92 Å². The quantitative estimate of drug-likeness (QED) is 0.354. The average molecular weight is 497 g/mol. The molecule has 15 heteroatoms. The number of aromatic nitrogens is 8. The summed E-state index contributed by atoms with van der Waals surface area (Å²) in [4.78, 5) is 51.4. The van der Waals surface area contributed by atoms with Gasteiger partial charge in [-0.05, 0) is 22.9 Å². The predicted octanol–water partition coefficient (Wildman–Crippen LogP) is -2.16. The number of nitrogens with zero attached hydrogens (tertiary/aromatic N) is 6. The molecule has 0 aromatic carbocycles. The van der Waals surface area contributed by atoms with Crippen molar-refractivity contribution in [1.82, 2.24) is 39.3 Å². The summed E-state index contributed by atoms with van der Waals surface area (Å²) in [7, 11) is 0. The van der Waals surface area contributed by atoms with E-state index >= 15 is 0 Å². The minimum absolute atomic E-state index is 0.0357. The highest BCUT2D eigenvalue weighted by molar-refractivity contribution is 9.10. The Bertz CT molecular complexity index is 1350. The van der Waals surface area contributed by atoms with Crippen LogP contribution in [0.3, 0.4) is 0 Å². The number of aliphatic hydroxyl groups is 1. The van der Waals surface area contributed by atoms with E-state index in [2.05, 4.69) is 41.3 Å². The smallest absolute Gasteiger partial charge is 0.345 e. The van der Waals surface area contributed by atoms with Gasteiger partial charge in [-0.3, -0.25) is 24.1 Å². The summed E-state index contributed by atoms with van der Waals surface area (Å²) in [5, 5.41) is 22.1. The minimum Gasteiger partial charge on any atom is -0.390 e. The SMILES string of the molecule is Cc1cn(C2CC(O)C(Cn3nncc3Cn3nc(Br)c(=O)[nH]c3=O)O2)c(=O)[nH]c1=O. The van der Waals surface area contributed by atoms with E-state index < -0.39 is 40.9 Å². The van der Waals surface area contributed by atoms with Crippen molar-refractivity contribution in [2.75, 3.05) is 0 Å². The van der Waals surface area contributed by atoms with E-state index in [0.29, 0.717) is 11.3 Å². The van der Waals surface area contributed by atoms with Gasteiger partial charge in [0.1, 0.15) is 12.3 Å². The van der Waals surface area contributed by atoms with Crippen molar-refractivity contribution in [3.8, 4) is 0 Å². The van der Waals surface area contributed by atoms with Gasteiger partial charge >= 0.3 is 11.4 Å². The first kappa shape index (κ1) is 21.1. The Morgan fingerprint density at radius 2 is 1.94 bits per heavy atom. The predicted molar refractivity (Wildman–Crippen MR) is 107 cm³/mol. The van der Waals surface area contributed by atoms with Crippen LogP contribution in [0.1, 0.15) is 23.9 Å². The molecule has 1 aliphatic rings. The molecule has 0 amide bonds. The fourth-order valence-electron chi connectivity index (χ4n) is 3.25. The number of aryl methyl sites for hydroxylation is 1. The first-order chi connectivity index (χ1) is 14.7. The molecule has 4 heterocycles. The molecule has 14 nitrogen and oxygen atoms in total. The summed E-state index contributed by atoms with van der Waals surface area (Å²) in [6.45, 7) is 1.61. The molecule has 31 heavy (non-hydrogen) atoms. The van der Waals surface area contributed by atoms with Crippen molar-refractivity contribution in [2.24, 2.45) is 0 Å². The number of H-pyrrole nitrogens is 2. The zero-order valence-electron chi connectivity index (χ0n) is 16.1. The van der Waals surface area contributed by atoms with Gasteiger partial charge in [-0.15, -0.1) is 5.10 Å². The maximum absolute atomic E-state index is 12.1. The van der Waals surface area contributed by atoms with Gasteiger partial charge in [-0.1, -0.05) is 5.21 Å². The molecular formula is C16H17BrN8O6. The molecule has 3 aromatic rings. The molecule has 0 bridgehead atoms. The molecule has 1 saturated heterocycles. The first-order valence-corrected chi connectivity index (χ1v) is 9.92. The highest BCUT2D eigenvalue weighted by Gasteiger charge is 2.36. The normalized spacial score (nSPS) is 20.9. The molecule has 0 saturated carbocycles. The fourth-order valence-corrected chi connectivity index (χ4v) is 3.54. The Morgan fingerprint density at radius 1 is 1.19 bits per heavy atom. The van der Waals surface area contributed by atoms with Gasteiger partial charge in [0, 0.05) is 18.2 Å². The van der Waals surface area contributed by atoms with Gasteiger partial charge in [0.15, 0.2) is 4.60 Å². The second-order valence-corrected chi connectivity index (χ2v) is 7.78. The Morgan fingerprint density at radius 3 is 2.71 bits per heavy atom. The van der Waals surface area contributed by atoms with Crippen LogP contribution in [0, 0.1) is 6.92 Å². The van der Waals surface area contributed by atoms with Crippen LogP contribution in [0.15, 0.2) is 36.2 Å². The summed E-state index contributed by atoms with van der Waals surface area (Å²) in [5.41, 5.74) is -1.65. The van der Waals surface area contributed by atoms with Crippen LogP contribution >= 0.6 is 15.9 Å². The number of ether oxygens (including phenoxy) is 1. The highest BCUT2D eigenvalue weighted by Crippen LogP contribution is 2.28. The number of aromatic amines is 2. The Hall–Kier alpha value is -3.17. The third-order valence-corrected chi connectivity index (χ3v) is 5.39. The molecule has 3 aromatic heterocycles. The average Bonchev–Trinajstić information content (AvgIpc) is 3.29. The number of hydrogen-bond acceptors (Lipinski definition) is 9.